The molecule has 0 rings (SSSR count). The lowest BCUT2D eigenvalue weighted by Crippen LogP contribution is -2.23. The second kappa shape index (κ2) is 4.96. The minimum Gasteiger partial charge on any atom is -0.481 e. The highest BCUT2D eigenvalue weighted by Gasteiger charge is 2.25. The third-order valence-corrected chi connectivity index (χ3v) is 1.99. The zero-order chi connectivity index (χ0) is 9.61. The Morgan fingerprint density at radius 1 is 1.50 bits per heavy atom. The monoisotopic (exact) mass is 170 g/mol. The normalized spacial score (nSPS) is 12.2. The summed E-state index contributed by atoms with van der Waals surface area (Å²) in [5.41, 5.74) is -0.568. The number of carboxylic acids is 1. The second-order valence-corrected chi connectivity index (χ2v) is 3.65. The van der Waals surface area contributed by atoms with Crippen molar-refractivity contribution in [3.8, 4) is 0 Å². The van der Waals surface area contributed by atoms with E-state index in [-0.39, 0.29) is 0 Å². The first-order valence-corrected chi connectivity index (χ1v) is 4.35. The molecule has 0 aromatic heterocycles. The van der Waals surface area contributed by atoms with Crippen LogP contribution in [-0.4, -0.2) is 11.1 Å². The fraction of sp³-hybridized carbons (Fsp3) is 0.700. The van der Waals surface area contributed by atoms with E-state index in [1.54, 1.807) is 13.8 Å². The Bertz CT molecular complexity index is 169. The Labute approximate surface area is 74.3 Å². The van der Waals surface area contributed by atoms with Crippen LogP contribution < -0.4 is 0 Å². The zero-order valence-corrected chi connectivity index (χ0v) is 8.13. The van der Waals surface area contributed by atoms with Crippen LogP contribution in [0.5, 0.6) is 0 Å². The van der Waals surface area contributed by atoms with Gasteiger partial charge in [-0.2, -0.15) is 0 Å². The van der Waals surface area contributed by atoms with Crippen LogP contribution in [0.2, 0.25) is 0 Å². The van der Waals surface area contributed by atoms with Crippen LogP contribution in [0.3, 0.4) is 0 Å². The van der Waals surface area contributed by atoms with E-state index in [1.807, 2.05) is 13.0 Å². The quantitative estimate of drug-likeness (QED) is 0.509. The molecule has 0 heterocycles. The van der Waals surface area contributed by atoms with Crippen molar-refractivity contribution in [2.24, 2.45) is 5.41 Å². The number of hydrogen-bond acceptors (Lipinski definition) is 1. The molecular formula is C10H18O2. The molecule has 0 amide bonds. The summed E-state index contributed by atoms with van der Waals surface area (Å²) in [5, 5.41) is 8.78. The fourth-order valence-electron chi connectivity index (χ4n) is 0.935. The number of hydrogen-bond donors (Lipinski definition) is 1. The van der Waals surface area contributed by atoms with Gasteiger partial charge in [0.05, 0.1) is 5.41 Å². The predicted octanol–water partition coefficient (Wildman–Crippen LogP) is 2.84. The summed E-state index contributed by atoms with van der Waals surface area (Å²) in [6, 6.07) is 0. The van der Waals surface area contributed by atoms with Gasteiger partial charge in [0.2, 0.25) is 0 Å². The number of allylic oxidation sites excluding steroid dienone is 2. The van der Waals surface area contributed by atoms with Crippen LogP contribution in [0.25, 0.3) is 0 Å². The summed E-state index contributed by atoms with van der Waals surface area (Å²) in [7, 11) is 0. The van der Waals surface area contributed by atoms with Gasteiger partial charge in [-0.15, -0.1) is 0 Å². The summed E-state index contributed by atoms with van der Waals surface area (Å²) < 4.78 is 0. The minimum absolute atomic E-state index is 0.568. The maximum atomic E-state index is 10.7. The highest BCUT2D eigenvalue weighted by Crippen LogP contribution is 2.23. The third kappa shape index (κ3) is 4.16. The molecular weight excluding hydrogens is 152 g/mol. The van der Waals surface area contributed by atoms with Crippen molar-refractivity contribution in [1.29, 1.82) is 0 Å². The lowest BCUT2D eigenvalue weighted by molar-refractivity contribution is -0.147. The Kier molecular flexibility index (Phi) is 4.64. The van der Waals surface area contributed by atoms with Gasteiger partial charge in [-0.25, -0.2) is 0 Å². The predicted molar refractivity (Wildman–Crippen MR) is 50.1 cm³/mol. The maximum absolute atomic E-state index is 10.7. The van der Waals surface area contributed by atoms with Crippen LogP contribution >= 0.6 is 0 Å². The fourth-order valence-corrected chi connectivity index (χ4v) is 0.935. The molecule has 2 nitrogen and oxygen atoms in total. The molecule has 0 saturated heterocycles. The molecule has 0 atom stereocenters. The summed E-state index contributed by atoms with van der Waals surface area (Å²) in [4.78, 5) is 10.7. The van der Waals surface area contributed by atoms with Crippen molar-refractivity contribution in [2.45, 2.75) is 40.0 Å². The molecule has 0 spiro atoms. The molecule has 0 aromatic rings. The molecule has 0 unspecified atom stereocenters. The maximum Gasteiger partial charge on any atom is 0.309 e. The molecule has 0 bridgehead atoms. The van der Waals surface area contributed by atoms with Gasteiger partial charge in [-0.05, 0) is 40.0 Å². The van der Waals surface area contributed by atoms with E-state index >= 15 is 0 Å². The first-order valence-electron chi connectivity index (χ1n) is 4.35. The molecule has 0 saturated carbocycles. The molecule has 0 fully saturated rings. The zero-order valence-electron chi connectivity index (χ0n) is 8.13. The van der Waals surface area contributed by atoms with Gasteiger partial charge in [-0.1, -0.05) is 12.2 Å². The van der Waals surface area contributed by atoms with Crippen molar-refractivity contribution in [1.82, 2.24) is 0 Å². The second-order valence-electron chi connectivity index (χ2n) is 3.65. The lowest BCUT2D eigenvalue weighted by Gasteiger charge is -2.17. The van der Waals surface area contributed by atoms with E-state index in [1.165, 1.54) is 0 Å². The van der Waals surface area contributed by atoms with Gasteiger partial charge in [0.15, 0.2) is 0 Å². The average Bonchev–Trinajstić information content (AvgIpc) is 1.98. The first-order chi connectivity index (χ1) is 5.50. The van der Waals surface area contributed by atoms with E-state index in [0.717, 1.165) is 19.3 Å². The molecule has 70 valence electrons. The minimum atomic E-state index is -0.706. The number of carbonyl (C=O) groups is 1. The van der Waals surface area contributed by atoms with Crippen LogP contribution in [0.4, 0.5) is 0 Å². The van der Waals surface area contributed by atoms with Gasteiger partial charge < -0.3 is 5.11 Å². The molecule has 1 N–H and O–H groups in total. The van der Waals surface area contributed by atoms with Crippen LogP contribution in [0.15, 0.2) is 12.2 Å². The van der Waals surface area contributed by atoms with Crippen LogP contribution in [0.1, 0.15) is 40.0 Å². The Hall–Kier alpha value is -0.790. The number of carboxylic acid groups (broad SMARTS) is 1. The standard InChI is InChI=1S/C10H18O2/c1-4-5-6-7-8-10(2,3)9(11)12/h4-5H,6-8H2,1-3H3,(H,11,12)/b5-4+. The largest absolute Gasteiger partial charge is 0.481 e. The van der Waals surface area contributed by atoms with E-state index < -0.39 is 11.4 Å². The van der Waals surface area contributed by atoms with Gasteiger partial charge >= 0.3 is 5.97 Å². The van der Waals surface area contributed by atoms with E-state index in [0.29, 0.717) is 0 Å². The van der Waals surface area contributed by atoms with Crippen LogP contribution in [-0.2, 0) is 4.79 Å². The Balaban J connectivity index is 3.69. The first kappa shape index (κ1) is 11.2. The molecule has 0 aliphatic carbocycles. The smallest absolute Gasteiger partial charge is 0.309 e. The van der Waals surface area contributed by atoms with Crippen LogP contribution in [0, 0.1) is 5.41 Å². The molecule has 2 heteroatoms. The molecule has 0 aromatic carbocycles. The van der Waals surface area contributed by atoms with Crippen molar-refractivity contribution >= 4 is 5.97 Å². The highest BCUT2D eigenvalue weighted by molar-refractivity contribution is 5.73. The molecule has 0 aliphatic rings. The Morgan fingerprint density at radius 2 is 2.08 bits per heavy atom. The highest BCUT2D eigenvalue weighted by atomic mass is 16.4. The Morgan fingerprint density at radius 3 is 2.50 bits per heavy atom. The van der Waals surface area contributed by atoms with Crippen molar-refractivity contribution in [2.75, 3.05) is 0 Å². The molecule has 0 radical (unpaired) electrons. The molecule has 0 aliphatic heterocycles. The summed E-state index contributed by atoms with van der Waals surface area (Å²) >= 11 is 0. The van der Waals surface area contributed by atoms with Crippen molar-refractivity contribution in [3.63, 3.8) is 0 Å². The average molecular weight is 170 g/mol. The van der Waals surface area contributed by atoms with Gasteiger partial charge in [0.25, 0.3) is 0 Å². The number of rotatable bonds is 5. The van der Waals surface area contributed by atoms with Gasteiger partial charge in [0.1, 0.15) is 0 Å². The lowest BCUT2D eigenvalue weighted by atomic mass is 9.87. The topological polar surface area (TPSA) is 37.3 Å². The summed E-state index contributed by atoms with van der Waals surface area (Å²) in [6.07, 6.45) is 6.73. The third-order valence-electron chi connectivity index (χ3n) is 1.99. The van der Waals surface area contributed by atoms with E-state index in [4.69, 9.17) is 5.11 Å². The summed E-state index contributed by atoms with van der Waals surface area (Å²) in [5.74, 6) is -0.706. The van der Waals surface area contributed by atoms with Crippen molar-refractivity contribution < 1.29 is 9.90 Å². The van der Waals surface area contributed by atoms with E-state index in [2.05, 4.69) is 6.08 Å². The van der Waals surface area contributed by atoms with Crippen molar-refractivity contribution in [3.05, 3.63) is 12.2 Å². The van der Waals surface area contributed by atoms with Gasteiger partial charge in [0, 0.05) is 0 Å². The number of aliphatic carboxylic acids is 1. The molecule has 12 heavy (non-hydrogen) atoms. The SMILES string of the molecule is C/C=C/CCCC(C)(C)C(=O)O. The number of unbranched alkanes of at least 4 members (excludes halogenated alkanes) is 1. The summed E-state index contributed by atoms with van der Waals surface area (Å²) in [6.45, 7) is 5.51. The van der Waals surface area contributed by atoms with E-state index in [9.17, 15) is 4.79 Å². The van der Waals surface area contributed by atoms with Gasteiger partial charge in [-0.3, -0.25) is 4.79 Å².